The number of aliphatic hydroxyl groups is 1. The summed E-state index contributed by atoms with van der Waals surface area (Å²) in [6.07, 6.45) is -6.54. The number of halogens is 3. The third-order valence-electron chi connectivity index (χ3n) is 4.56. The van der Waals surface area contributed by atoms with Gasteiger partial charge in [0.25, 0.3) is 11.4 Å². The highest BCUT2D eigenvalue weighted by atomic mass is 19.4. The Kier molecular flexibility index (Phi) is 5.14. The van der Waals surface area contributed by atoms with Crippen molar-refractivity contribution in [3.63, 3.8) is 0 Å². The van der Waals surface area contributed by atoms with Gasteiger partial charge in [-0.3, -0.25) is 14.9 Å². The molecule has 0 aliphatic carbocycles. The monoisotopic (exact) mass is 407 g/mol. The lowest BCUT2D eigenvalue weighted by molar-refractivity contribution is -0.384. The summed E-state index contributed by atoms with van der Waals surface area (Å²) < 4.78 is 40.8. The molecule has 7 nitrogen and oxygen atoms in total. The lowest BCUT2D eigenvalue weighted by atomic mass is 10.00. The van der Waals surface area contributed by atoms with Crippen LogP contribution in [0.15, 0.2) is 53.6 Å². The fraction of sp³-hybridized carbons (Fsp3) is 0.263. The number of non-ortho nitro benzene ring substituents is 1. The van der Waals surface area contributed by atoms with E-state index in [0.717, 1.165) is 17.7 Å². The molecule has 0 fully saturated rings. The molecule has 1 N–H and O–H groups in total. The Morgan fingerprint density at radius 1 is 1.21 bits per heavy atom. The molecule has 0 aromatic heterocycles. The molecule has 10 heteroatoms. The molecule has 1 heterocycles. The number of amides is 1. The van der Waals surface area contributed by atoms with Gasteiger partial charge in [0.05, 0.1) is 23.5 Å². The van der Waals surface area contributed by atoms with Crippen molar-refractivity contribution in [2.24, 2.45) is 5.10 Å². The maximum absolute atomic E-state index is 13.6. The zero-order chi connectivity index (χ0) is 21.4. The van der Waals surface area contributed by atoms with Gasteiger partial charge < -0.3 is 5.11 Å². The summed E-state index contributed by atoms with van der Waals surface area (Å²) in [5.41, 5.74) is -2.24. The van der Waals surface area contributed by atoms with Crippen LogP contribution < -0.4 is 0 Å². The first kappa shape index (κ1) is 20.5. The fourth-order valence-electron chi connectivity index (χ4n) is 2.92. The highest BCUT2D eigenvalue weighted by Crippen LogP contribution is 2.41. The van der Waals surface area contributed by atoms with Crippen LogP contribution in [0, 0.1) is 17.0 Å². The molecule has 1 aliphatic rings. The minimum absolute atomic E-state index is 0.0591. The predicted octanol–water partition coefficient (Wildman–Crippen LogP) is 3.33. The zero-order valence-electron chi connectivity index (χ0n) is 15.2. The van der Waals surface area contributed by atoms with Crippen LogP contribution in [0.4, 0.5) is 18.9 Å². The number of nitro groups is 1. The van der Waals surface area contributed by atoms with E-state index in [9.17, 15) is 33.2 Å². The van der Waals surface area contributed by atoms with E-state index in [4.69, 9.17) is 0 Å². The van der Waals surface area contributed by atoms with Crippen molar-refractivity contribution in [2.45, 2.75) is 31.7 Å². The molecule has 152 valence electrons. The minimum Gasteiger partial charge on any atom is -0.362 e. The number of rotatable bonds is 4. The van der Waals surface area contributed by atoms with E-state index in [0.29, 0.717) is 5.56 Å². The molecule has 1 unspecified atom stereocenters. The van der Waals surface area contributed by atoms with Crippen LogP contribution in [0.3, 0.4) is 0 Å². The van der Waals surface area contributed by atoms with Crippen molar-refractivity contribution in [3.8, 4) is 0 Å². The van der Waals surface area contributed by atoms with Gasteiger partial charge in [-0.2, -0.15) is 23.3 Å². The Hall–Kier alpha value is -3.27. The summed E-state index contributed by atoms with van der Waals surface area (Å²) in [5, 5.41) is 24.8. The van der Waals surface area contributed by atoms with E-state index >= 15 is 0 Å². The van der Waals surface area contributed by atoms with Gasteiger partial charge in [0.1, 0.15) is 0 Å². The summed E-state index contributed by atoms with van der Waals surface area (Å²) in [4.78, 5) is 22.6. The number of carbonyl (C=O) groups is 1. The van der Waals surface area contributed by atoms with Crippen molar-refractivity contribution in [1.29, 1.82) is 0 Å². The zero-order valence-corrected chi connectivity index (χ0v) is 15.2. The quantitative estimate of drug-likeness (QED) is 0.621. The van der Waals surface area contributed by atoms with Gasteiger partial charge in [0.15, 0.2) is 0 Å². The van der Waals surface area contributed by atoms with Gasteiger partial charge in [-0.1, -0.05) is 42.0 Å². The van der Waals surface area contributed by atoms with Crippen LogP contribution in [-0.4, -0.2) is 38.6 Å². The molecule has 29 heavy (non-hydrogen) atoms. The normalized spacial score (nSPS) is 19.2. The molecule has 0 radical (unpaired) electrons. The van der Waals surface area contributed by atoms with Crippen molar-refractivity contribution < 1.29 is 28.0 Å². The first-order valence-electron chi connectivity index (χ1n) is 8.51. The molecule has 0 bridgehead atoms. The number of hydrogen-bond acceptors (Lipinski definition) is 5. The van der Waals surface area contributed by atoms with E-state index in [1.165, 1.54) is 12.1 Å². The molecule has 3 rings (SSSR count). The van der Waals surface area contributed by atoms with Crippen molar-refractivity contribution in [3.05, 3.63) is 75.3 Å². The van der Waals surface area contributed by atoms with Crippen LogP contribution in [0.5, 0.6) is 0 Å². The number of alkyl halides is 3. The lowest BCUT2D eigenvalue weighted by Crippen LogP contribution is -2.57. The average Bonchev–Trinajstić information content (AvgIpc) is 3.02. The molecular weight excluding hydrogens is 391 g/mol. The van der Waals surface area contributed by atoms with E-state index < -0.39 is 35.6 Å². The molecular formula is C19H16F3N3O4. The van der Waals surface area contributed by atoms with Gasteiger partial charge >= 0.3 is 6.18 Å². The van der Waals surface area contributed by atoms with E-state index in [2.05, 4.69) is 5.10 Å². The molecule has 0 spiro atoms. The molecule has 1 amide bonds. The second-order valence-electron chi connectivity index (χ2n) is 6.71. The topological polar surface area (TPSA) is 96.0 Å². The number of hydrazone groups is 1. The maximum Gasteiger partial charge on any atom is 0.438 e. The molecule has 0 saturated heterocycles. The maximum atomic E-state index is 13.6. The van der Waals surface area contributed by atoms with E-state index in [-0.39, 0.29) is 22.0 Å². The molecule has 1 aliphatic heterocycles. The Balaban J connectivity index is 1.90. The van der Waals surface area contributed by atoms with Crippen molar-refractivity contribution in [1.82, 2.24) is 5.01 Å². The third-order valence-corrected chi connectivity index (χ3v) is 4.56. The highest BCUT2D eigenvalue weighted by molar-refractivity contribution is 6.03. The second kappa shape index (κ2) is 7.28. The molecule has 0 saturated carbocycles. The van der Waals surface area contributed by atoms with Crippen LogP contribution in [0.1, 0.15) is 23.1 Å². The van der Waals surface area contributed by atoms with E-state index in [1.54, 1.807) is 24.3 Å². The predicted molar refractivity (Wildman–Crippen MR) is 97.0 cm³/mol. The number of carbonyl (C=O) groups excluding carboxylic acids is 1. The Morgan fingerprint density at radius 2 is 1.79 bits per heavy atom. The average molecular weight is 407 g/mol. The van der Waals surface area contributed by atoms with Crippen molar-refractivity contribution >= 4 is 17.3 Å². The summed E-state index contributed by atoms with van der Waals surface area (Å²) in [5.74, 6) is -1.08. The Bertz CT molecular complexity index is 972. The summed E-state index contributed by atoms with van der Waals surface area (Å²) in [7, 11) is 0. The summed E-state index contributed by atoms with van der Waals surface area (Å²) in [6.45, 7) is 1.81. The largest absolute Gasteiger partial charge is 0.438 e. The molecule has 2 aromatic rings. The summed E-state index contributed by atoms with van der Waals surface area (Å²) >= 11 is 0. The Morgan fingerprint density at radius 3 is 2.31 bits per heavy atom. The number of aryl methyl sites for hydroxylation is 1. The van der Waals surface area contributed by atoms with Crippen LogP contribution in [-0.2, 0) is 11.2 Å². The lowest BCUT2D eigenvalue weighted by Gasteiger charge is -2.32. The number of benzene rings is 2. The number of nitro benzene ring substituents is 1. The van der Waals surface area contributed by atoms with Crippen LogP contribution in [0.25, 0.3) is 0 Å². The van der Waals surface area contributed by atoms with Crippen LogP contribution in [0.2, 0.25) is 0 Å². The first-order chi connectivity index (χ1) is 13.5. The van der Waals surface area contributed by atoms with Gasteiger partial charge in [0, 0.05) is 12.1 Å². The number of nitrogens with zero attached hydrogens (tertiary/aromatic N) is 3. The van der Waals surface area contributed by atoms with Gasteiger partial charge in [-0.05, 0) is 18.1 Å². The first-order valence-corrected chi connectivity index (χ1v) is 8.51. The molecule has 1 atom stereocenters. The summed E-state index contributed by atoms with van der Waals surface area (Å²) in [6, 6.07) is 11.3. The SMILES string of the molecule is Cc1ccc(C2=NN(C(=O)Cc3ccc([N+](=O)[O-])cc3)C(O)(C(F)(F)F)C2)cc1. The molecule has 2 aromatic carbocycles. The fourth-order valence-corrected chi connectivity index (χ4v) is 2.92. The Labute approximate surface area is 163 Å². The van der Waals surface area contributed by atoms with E-state index in [1.807, 2.05) is 6.92 Å². The van der Waals surface area contributed by atoms with Gasteiger partial charge in [-0.15, -0.1) is 0 Å². The standard InChI is InChI=1S/C19H16F3N3O4/c1-12-2-6-14(7-3-12)16-11-18(27,19(20,21)22)24(23-16)17(26)10-13-4-8-15(9-5-13)25(28)29/h2-9,27H,10-11H2,1H3. The number of hydrogen-bond donors (Lipinski definition) is 1. The third kappa shape index (κ3) is 3.97. The smallest absolute Gasteiger partial charge is 0.362 e. The minimum atomic E-state index is -5.13. The van der Waals surface area contributed by atoms with Gasteiger partial charge in [-0.25, -0.2) is 0 Å². The van der Waals surface area contributed by atoms with Crippen molar-refractivity contribution in [2.75, 3.05) is 0 Å². The second-order valence-corrected chi connectivity index (χ2v) is 6.71. The van der Waals surface area contributed by atoms with Crippen LogP contribution >= 0.6 is 0 Å². The highest BCUT2D eigenvalue weighted by Gasteiger charge is 2.63. The van der Waals surface area contributed by atoms with Gasteiger partial charge in [0.2, 0.25) is 5.91 Å².